The summed E-state index contributed by atoms with van der Waals surface area (Å²) in [7, 11) is -1.40. The van der Waals surface area contributed by atoms with Crippen LogP contribution >= 0.6 is 0 Å². The number of amides is 1. The Morgan fingerprint density at radius 1 is 1.16 bits per heavy atom. The van der Waals surface area contributed by atoms with Crippen molar-refractivity contribution in [3.05, 3.63) is 29.8 Å². The van der Waals surface area contributed by atoms with E-state index in [9.17, 15) is 9.59 Å². The quantitative estimate of drug-likeness (QED) is 0.295. The summed E-state index contributed by atoms with van der Waals surface area (Å²) in [5.41, 5.74) is -1.28. The van der Waals surface area contributed by atoms with E-state index in [2.05, 4.69) is 53.9 Å². The Bertz CT molecular complexity index is 995. The fraction of sp³-hybridized carbons (Fsp3) is 0.714. The summed E-state index contributed by atoms with van der Waals surface area (Å²) in [5, 5.41) is 0. The summed E-state index contributed by atoms with van der Waals surface area (Å²) >= 11 is 0. The van der Waals surface area contributed by atoms with E-state index in [0.717, 1.165) is 17.4 Å². The molecule has 1 aromatic rings. The third kappa shape index (κ3) is 5.04. The van der Waals surface area contributed by atoms with Crippen molar-refractivity contribution in [2.24, 2.45) is 11.8 Å². The Morgan fingerprint density at radius 3 is 2.24 bits per heavy atom. The van der Waals surface area contributed by atoms with Crippen LogP contribution in [0.15, 0.2) is 24.3 Å². The van der Waals surface area contributed by atoms with E-state index in [1.54, 1.807) is 12.0 Å². The molecule has 3 rings (SSSR count). The largest absolute Gasteiger partial charge is 0.497 e. The van der Waals surface area contributed by atoms with Crippen molar-refractivity contribution in [3.8, 4) is 5.75 Å². The minimum absolute atomic E-state index is 0.0634. The highest BCUT2D eigenvalue weighted by Crippen LogP contribution is 2.57. The van der Waals surface area contributed by atoms with Gasteiger partial charge in [0.05, 0.1) is 26.2 Å². The van der Waals surface area contributed by atoms with E-state index in [1.807, 2.05) is 31.2 Å². The van der Waals surface area contributed by atoms with Crippen molar-refractivity contribution in [2.45, 2.75) is 103 Å². The van der Waals surface area contributed by atoms with E-state index in [1.165, 1.54) is 7.11 Å². The molecule has 0 bridgehead atoms. The molecule has 208 valence electrons. The maximum atomic E-state index is 14.3. The number of benzene rings is 1. The van der Waals surface area contributed by atoms with E-state index in [4.69, 9.17) is 18.3 Å². The molecule has 37 heavy (non-hydrogen) atoms. The van der Waals surface area contributed by atoms with Crippen LogP contribution in [0, 0.1) is 11.8 Å². The average Bonchev–Trinajstić information content (AvgIpc) is 2.99. The predicted octanol–water partition coefficient (Wildman–Crippen LogP) is 5.61. The molecule has 2 heterocycles. The van der Waals surface area contributed by atoms with Crippen LogP contribution in [0.25, 0.3) is 0 Å². The van der Waals surface area contributed by atoms with Crippen molar-refractivity contribution in [1.82, 2.24) is 4.90 Å². The molecule has 0 radical (unpaired) electrons. The number of hydrogen-bond donors (Lipinski definition) is 0. The molecule has 0 N–H and O–H groups in total. The minimum Gasteiger partial charge on any atom is -0.497 e. The molecule has 0 saturated carbocycles. The molecule has 2 aliphatic rings. The zero-order valence-electron chi connectivity index (χ0n) is 24.6. The van der Waals surface area contributed by atoms with Crippen LogP contribution in [0.1, 0.15) is 46.6 Å². The van der Waals surface area contributed by atoms with E-state index < -0.39 is 45.8 Å². The molecule has 2 aliphatic heterocycles. The molecule has 0 aliphatic carbocycles. The van der Waals surface area contributed by atoms with Crippen LogP contribution in [-0.2, 0) is 29.7 Å². The van der Waals surface area contributed by atoms with Gasteiger partial charge in [0, 0.05) is 6.54 Å². The molecule has 2 fully saturated rings. The number of nitrogens with zero attached hydrogens (tertiary/aromatic N) is 1. The van der Waals surface area contributed by atoms with Crippen molar-refractivity contribution in [2.75, 3.05) is 14.2 Å². The summed E-state index contributed by atoms with van der Waals surface area (Å²) < 4.78 is 25.0. The molecule has 0 spiro atoms. The van der Waals surface area contributed by atoms with Gasteiger partial charge in [-0.2, -0.15) is 0 Å². The van der Waals surface area contributed by atoms with E-state index in [0.29, 0.717) is 12.0 Å². The molecule has 2 saturated heterocycles. The second-order valence-corrected chi connectivity index (χ2v) is 21.5. The number of carbonyl (C=O) groups is 2. The van der Waals surface area contributed by atoms with Crippen LogP contribution < -0.4 is 4.74 Å². The standard InChI is InChI=1S/C28H47NO6Si2/c1-19(2)24(34-37(10,11)20(3)4)28(26(31)33-7)27(5)23(16-17-36(8,9)35-27)25(30)29(28)18-21-12-14-22(32-6)15-13-21/h12-15,19-20,23-24H,16-18H2,1-11H3/t23-,24-,27-,28-/m0/s1. The molecular weight excluding hydrogens is 502 g/mol. The van der Waals surface area contributed by atoms with Crippen molar-refractivity contribution in [3.63, 3.8) is 0 Å². The van der Waals surface area contributed by atoms with Crippen molar-refractivity contribution in [1.29, 1.82) is 0 Å². The van der Waals surface area contributed by atoms with Gasteiger partial charge in [0.15, 0.2) is 22.2 Å². The van der Waals surface area contributed by atoms with Gasteiger partial charge in [0.25, 0.3) is 0 Å². The Labute approximate surface area is 225 Å². The highest BCUT2D eigenvalue weighted by Gasteiger charge is 2.76. The van der Waals surface area contributed by atoms with E-state index >= 15 is 0 Å². The lowest BCUT2D eigenvalue weighted by molar-refractivity contribution is -0.187. The third-order valence-electron chi connectivity index (χ3n) is 8.77. The van der Waals surface area contributed by atoms with Gasteiger partial charge in [-0.25, -0.2) is 4.79 Å². The molecule has 0 unspecified atom stereocenters. The monoisotopic (exact) mass is 549 g/mol. The van der Waals surface area contributed by atoms with E-state index in [-0.39, 0.29) is 18.4 Å². The first-order valence-corrected chi connectivity index (χ1v) is 19.6. The Kier molecular flexibility index (Phi) is 8.45. The van der Waals surface area contributed by atoms with Gasteiger partial charge >= 0.3 is 5.97 Å². The maximum absolute atomic E-state index is 14.3. The number of methoxy groups -OCH3 is 2. The van der Waals surface area contributed by atoms with Crippen LogP contribution in [0.5, 0.6) is 5.75 Å². The summed E-state index contributed by atoms with van der Waals surface area (Å²) in [6.07, 6.45) is 0.103. The van der Waals surface area contributed by atoms with Gasteiger partial charge in [-0.3, -0.25) is 4.79 Å². The van der Waals surface area contributed by atoms with Gasteiger partial charge in [-0.1, -0.05) is 39.8 Å². The van der Waals surface area contributed by atoms with Crippen LogP contribution in [0.4, 0.5) is 0 Å². The molecule has 0 aromatic heterocycles. The topological polar surface area (TPSA) is 74.3 Å². The second kappa shape index (κ2) is 10.5. The Hall–Kier alpha value is -1.69. The van der Waals surface area contributed by atoms with Crippen molar-refractivity contribution < 1.29 is 27.9 Å². The van der Waals surface area contributed by atoms with Crippen LogP contribution in [-0.4, -0.2) is 64.9 Å². The first-order chi connectivity index (χ1) is 17.1. The fourth-order valence-corrected chi connectivity index (χ4v) is 10.0. The van der Waals surface area contributed by atoms with Crippen molar-refractivity contribution >= 4 is 28.5 Å². The minimum atomic E-state index is -2.27. The third-order valence-corrected chi connectivity index (χ3v) is 14.9. The fourth-order valence-electron chi connectivity index (χ4n) is 6.10. The normalized spacial score (nSPS) is 28.4. The van der Waals surface area contributed by atoms with Gasteiger partial charge < -0.3 is 23.2 Å². The lowest BCUT2D eigenvalue weighted by Gasteiger charge is -2.56. The predicted molar refractivity (Wildman–Crippen MR) is 150 cm³/mol. The second-order valence-electron chi connectivity index (χ2n) is 12.6. The highest BCUT2D eigenvalue weighted by molar-refractivity contribution is 6.72. The average molecular weight is 550 g/mol. The van der Waals surface area contributed by atoms with Gasteiger partial charge in [0.2, 0.25) is 5.91 Å². The Balaban J connectivity index is 2.30. The first-order valence-electron chi connectivity index (χ1n) is 13.5. The lowest BCUT2D eigenvalue weighted by Crippen LogP contribution is -2.75. The van der Waals surface area contributed by atoms with Gasteiger partial charge in [-0.15, -0.1) is 0 Å². The number of hydrogen-bond acceptors (Lipinski definition) is 6. The number of rotatable bonds is 9. The maximum Gasteiger partial charge on any atom is 0.337 e. The molecule has 7 nitrogen and oxygen atoms in total. The van der Waals surface area contributed by atoms with Gasteiger partial charge in [-0.05, 0) is 74.7 Å². The lowest BCUT2D eigenvalue weighted by atomic mass is 9.69. The number of esters is 1. The smallest absolute Gasteiger partial charge is 0.337 e. The molecule has 1 amide bonds. The zero-order chi connectivity index (χ0) is 28.0. The SMILES string of the molecule is COC(=O)[C@]1([C@@H](O[Si](C)(C)C(C)C)C(C)C)N(Cc2ccc(OC)cc2)C(=O)[C@@H]2CC[Si](C)(C)O[C@@]21C. The molecule has 4 atom stereocenters. The van der Waals surface area contributed by atoms with Gasteiger partial charge in [0.1, 0.15) is 11.4 Å². The summed E-state index contributed by atoms with van der Waals surface area (Å²) in [4.78, 5) is 30.4. The molecule has 1 aromatic carbocycles. The molecule has 9 heteroatoms. The summed E-state index contributed by atoms with van der Waals surface area (Å²) in [6.45, 7) is 19.4. The Morgan fingerprint density at radius 2 is 1.76 bits per heavy atom. The summed E-state index contributed by atoms with van der Waals surface area (Å²) in [5.74, 6) is -0.300. The zero-order valence-corrected chi connectivity index (χ0v) is 26.6. The highest BCUT2D eigenvalue weighted by atomic mass is 28.4. The van der Waals surface area contributed by atoms with Crippen LogP contribution in [0.2, 0.25) is 37.8 Å². The molecular formula is C28H47NO6Si2. The number of carbonyl (C=O) groups excluding carboxylic acids is 2. The number of ether oxygens (including phenoxy) is 2. The summed E-state index contributed by atoms with van der Waals surface area (Å²) in [6, 6.07) is 8.50. The van der Waals surface area contributed by atoms with Crippen LogP contribution in [0.3, 0.4) is 0 Å². The first kappa shape index (κ1) is 29.9. The number of likely N-dealkylation sites (tertiary alicyclic amines) is 1. The number of fused-ring (bicyclic) bond motifs is 1.